The maximum absolute atomic E-state index is 12.6. The predicted octanol–water partition coefficient (Wildman–Crippen LogP) is 2.24. The van der Waals surface area contributed by atoms with Gasteiger partial charge in [-0.05, 0) is 24.1 Å². The van der Waals surface area contributed by atoms with Crippen LogP contribution in [0.4, 0.5) is 0 Å². The number of rotatable bonds is 6. The molecule has 0 fully saturated rings. The van der Waals surface area contributed by atoms with Gasteiger partial charge >= 0.3 is 0 Å². The molecule has 1 heterocycles. The molecule has 33 heavy (non-hydrogen) atoms. The molecule has 10 nitrogen and oxygen atoms in total. The summed E-state index contributed by atoms with van der Waals surface area (Å²) >= 11 is 12.1. The van der Waals surface area contributed by atoms with E-state index in [1.807, 2.05) is 13.8 Å². The van der Waals surface area contributed by atoms with Crippen LogP contribution >= 0.6 is 23.2 Å². The smallest absolute Gasteiger partial charge is 0.267 e. The maximum Gasteiger partial charge on any atom is 0.290 e. The largest absolute Gasteiger partial charge is 0.290 e. The number of aromatic amines is 1. The highest BCUT2D eigenvalue weighted by Crippen LogP contribution is 2.28. The van der Waals surface area contributed by atoms with Gasteiger partial charge in [-0.15, -0.1) is 0 Å². The molecule has 4 N–H and O–H groups in total. The molecule has 0 unspecified atom stereocenters. The second-order valence-corrected chi connectivity index (χ2v) is 9.91. The Morgan fingerprint density at radius 2 is 1.67 bits per heavy atom. The molecule has 1 aromatic heterocycles. The van der Waals surface area contributed by atoms with Crippen LogP contribution in [0.25, 0.3) is 10.8 Å². The minimum atomic E-state index is -4.01. The van der Waals surface area contributed by atoms with Gasteiger partial charge in [0.25, 0.3) is 17.4 Å². The van der Waals surface area contributed by atoms with Gasteiger partial charge in [0.1, 0.15) is 4.90 Å². The first kappa shape index (κ1) is 24.6. The molecule has 3 aromatic rings. The molecule has 0 atom stereocenters. The average Bonchev–Trinajstić information content (AvgIpc) is 2.76. The van der Waals surface area contributed by atoms with Crippen LogP contribution in [0.3, 0.4) is 0 Å². The van der Waals surface area contributed by atoms with Crippen LogP contribution in [0, 0.1) is 5.92 Å². The van der Waals surface area contributed by atoms with Crippen LogP contribution in [0.5, 0.6) is 0 Å². The van der Waals surface area contributed by atoms with E-state index in [2.05, 4.69) is 25.8 Å². The van der Waals surface area contributed by atoms with Crippen LogP contribution in [-0.2, 0) is 10.0 Å². The van der Waals surface area contributed by atoms with Crippen molar-refractivity contribution in [2.75, 3.05) is 6.54 Å². The number of hydrogen-bond acceptors (Lipinski definition) is 6. The van der Waals surface area contributed by atoms with Gasteiger partial charge in [-0.1, -0.05) is 55.2 Å². The lowest BCUT2D eigenvalue weighted by Crippen LogP contribution is -2.42. The number of fused-ring (bicyclic) bond motifs is 1. The van der Waals surface area contributed by atoms with E-state index >= 15 is 0 Å². The molecule has 0 aliphatic carbocycles. The van der Waals surface area contributed by atoms with Crippen molar-refractivity contribution in [1.82, 2.24) is 25.8 Å². The second kappa shape index (κ2) is 9.87. The van der Waals surface area contributed by atoms with Crippen LogP contribution in [-0.4, -0.2) is 37.0 Å². The maximum atomic E-state index is 12.6. The summed E-state index contributed by atoms with van der Waals surface area (Å²) in [6.07, 6.45) is 0. The van der Waals surface area contributed by atoms with E-state index in [9.17, 15) is 22.8 Å². The quantitative estimate of drug-likeness (QED) is 0.372. The summed E-state index contributed by atoms with van der Waals surface area (Å²) in [5.41, 5.74) is 3.49. The van der Waals surface area contributed by atoms with Crippen LogP contribution in [0.15, 0.2) is 46.1 Å². The number of H-pyrrole nitrogens is 1. The Kier molecular flexibility index (Phi) is 7.38. The SMILES string of the molecule is CC(C)CNS(=O)(=O)c1cc(C(=O)NNC(=O)c2n[nH]c(=O)c3ccccc23)c(Cl)cc1Cl. The van der Waals surface area contributed by atoms with E-state index in [1.165, 1.54) is 12.1 Å². The van der Waals surface area contributed by atoms with Crippen molar-refractivity contribution in [1.29, 1.82) is 0 Å². The van der Waals surface area contributed by atoms with E-state index in [-0.39, 0.29) is 49.4 Å². The summed E-state index contributed by atoms with van der Waals surface area (Å²) in [4.78, 5) is 36.7. The Balaban J connectivity index is 1.83. The number of hydrogen-bond donors (Lipinski definition) is 4. The zero-order valence-corrected chi connectivity index (χ0v) is 19.7. The van der Waals surface area contributed by atoms with Crippen molar-refractivity contribution >= 4 is 55.8 Å². The molecule has 0 saturated heterocycles. The molecule has 174 valence electrons. The van der Waals surface area contributed by atoms with E-state index in [0.717, 1.165) is 12.1 Å². The highest BCUT2D eigenvalue weighted by Gasteiger charge is 2.23. The van der Waals surface area contributed by atoms with Crippen molar-refractivity contribution < 1.29 is 18.0 Å². The van der Waals surface area contributed by atoms with Gasteiger partial charge < -0.3 is 0 Å². The van der Waals surface area contributed by atoms with Gasteiger partial charge in [0, 0.05) is 11.9 Å². The monoisotopic (exact) mass is 511 g/mol. The number of aromatic nitrogens is 2. The molecule has 0 bridgehead atoms. The van der Waals surface area contributed by atoms with Crippen molar-refractivity contribution in [3.63, 3.8) is 0 Å². The minimum absolute atomic E-state index is 0.0430. The van der Waals surface area contributed by atoms with E-state index in [1.54, 1.807) is 12.1 Å². The summed E-state index contributed by atoms with van der Waals surface area (Å²) < 4.78 is 27.5. The van der Waals surface area contributed by atoms with Gasteiger partial charge in [-0.3, -0.25) is 25.2 Å². The number of nitrogens with one attached hydrogen (secondary N) is 4. The molecule has 0 aliphatic rings. The first-order chi connectivity index (χ1) is 15.5. The first-order valence-electron chi connectivity index (χ1n) is 9.58. The van der Waals surface area contributed by atoms with Gasteiger partial charge in [-0.2, -0.15) is 5.10 Å². The highest BCUT2D eigenvalue weighted by atomic mass is 35.5. The number of carbonyl (C=O) groups is 2. The van der Waals surface area contributed by atoms with Crippen molar-refractivity contribution in [3.05, 3.63) is 68.1 Å². The molecule has 2 aromatic carbocycles. The molecule has 0 spiro atoms. The number of carbonyl (C=O) groups excluding carboxylic acids is 2. The molecular weight excluding hydrogens is 493 g/mol. The van der Waals surface area contributed by atoms with Gasteiger partial charge in [0.15, 0.2) is 5.69 Å². The summed E-state index contributed by atoms with van der Waals surface area (Å²) in [5, 5.41) is 6.18. The Bertz CT molecular complexity index is 1410. The zero-order chi connectivity index (χ0) is 24.3. The number of nitrogens with zero attached hydrogens (tertiary/aromatic N) is 1. The van der Waals surface area contributed by atoms with Crippen LogP contribution in [0.1, 0.15) is 34.7 Å². The fraction of sp³-hybridized carbons (Fsp3) is 0.200. The molecule has 2 amide bonds. The lowest BCUT2D eigenvalue weighted by Gasteiger charge is -2.13. The second-order valence-electron chi connectivity index (χ2n) is 7.36. The Morgan fingerprint density at radius 1 is 1.03 bits per heavy atom. The minimum Gasteiger partial charge on any atom is -0.267 e. The number of benzene rings is 2. The van der Waals surface area contributed by atoms with Gasteiger partial charge in [0.05, 0.1) is 21.0 Å². The Morgan fingerprint density at radius 3 is 2.33 bits per heavy atom. The molecule has 0 radical (unpaired) electrons. The average molecular weight is 512 g/mol. The summed E-state index contributed by atoms with van der Waals surface area (Å²) in [5.74, 6) is -1.66. The predicted molar refractivity (Wildman–Crippen MR) is 124 cm³/mol. The van der Waals surface area contributed by atoms with Crippen molar-refractivity contribution in [3.8, 4) is 0 Å². The fourth-order valence-corrected chi connectivity index (χ4v) is 4.86. The summed E-state index contributed by atoms with van der Waals surface area (Å²) in [6, 6.07) is 8.45. The zero-order valence-electron chi connectivity index (χ0n) is 17.4. The third kappa shape index (κ3) is 5.50. The molecule has 3 rings (SSSR count). The lowest BCUT2D eigenvalue weighted by molar-refractivity contribution is 0.0844. The number of hydrazine groups is 1. The van der Waals surface area contributed by atoms with Crippen molar-refractivity contribution in [2.45, 2.75) is 18.7 Å². The topological polar surface area (TPSA) is 150 Å². The first-order valence-corrected chi connectivity index (χ1v) is 11.8. The third-order valence-electron chi connectivity index (χ3n) is 4.44. The Labute approximate surface area is 198 Å². The third-order valence-corrected chi connectivity index (χ3v) is 6.64. The molecule has 0 saturated carbocycles. The van der Waals surface area contributed by atoms with E-state index in [4.69, 9.17) is 23.2 Å². The molecule has 0 aliphatic heterocycles. The lowest BCUT2D eigenvalue weighted by atomic mass is 10.1. The molecule has 13 heteroatoms. The van der Waals surface area contributed by atoms with E-state index < -0.39 is 27.4 Å². The Hall–Kier alpha value is -2.99. The number of sulfonamides is 1. The van der Waals surface area contributed by atoms with Crippen LogP contribution in [0.2, 0.25) is 10.0 Å². The highest BCUT2D eigenvalue weighted by molar-refractivity contribution is 7.89. The van der Waals surface area contributed by atoms with Crippen molar-refractivity contribution in [2.24, 2.45) is 5.92 Å². The standard InChI is InChI=1S/C20H19Cl2N5O5S/c1-10(2)9-23-33(31,32)16-7-13(14(21)8-15(16)22)19(29)26-27-20(30)17-11-5-3-4-6-12(11)18(28)25-24-17/h3-8,10,23H,9H2,1-2H3,(H,25,28)(H,26,29)(H,27,30). The van der Waals surface area contributed by atoms with Gasteiger partial charge in [-0.25, -0.2) is 18.2 Å². The van der Waals surface area contributed by atoms with Gasteiger partial charge in [0.2, 0.25) is 10.0 Å². The molecular formula is C20H19Cl2N5O5S. The van der Waals surface area contributed by atoms with E-state index in [0.29, 0.717) is 0 Å². The summed E-state index contributed by atoms with van der Waals surface area (Å²) in [7, 11) is -4.01. The van der Waals surface area contributed by atoms with Crippen LogP contribution < -0.4 is 21.1 Å². The number of halogens is 2. The fourth-order valence-electron chi connectivity index (χ4n) is 2.79. The number of amides is 2. The summed E-state index contributed by atoms with van der Waals surface area (Å²) in [6.45, 7) is 3.82. The normalized spacial score (nSPS) is 11.5.